The lowest BCUT2D eigenvalue weighted by Gasteiger charge is -2.10. The molecule has 2 rings (SSSR count). The van der Waals surface area contributed by atoms with Gasteiger partial charge >= 0.3 is 11.8 Å². The molecule has 0 radical (unpaired) electrons. The average Bonchev–Trinajstić information content (AvgIpc) is 2.89. The third kappa shape index (κ3) is 3.62. The normalized spacial score (nSPS) is 15.4. The maximum atomic E-state index is 11.9. The molecule has 1 heterocycles. The molecule has 1 amide bonds. The van der Waals surface area contributed by atoms with Crippen LogP contribution in [0.2, 0.25) is 0 Å². The number of halogens is 2. The molecule has 6 nitrogen and oxygen atoms in total. The fraction of sp³-hybridized carbons (Fsp3) is 0.308. The summed E-state index contributed by atoms with van der Waals surface area (Å²) in [5.41, 5.74) is 0.625. The zero-order valence-corrected chi connectivity index (χ0v) is 14.6. The van der Waals surface area contributed by atoms with Crippen molar-refractivity contribution in [3.63, 3.8) is 0 Å². The first-order valence-electron chi connectivity index (χ1n) is 6.17. The van der Waals surface area contributed by atoms with Gasteiger partial charge in [0.25, 0.3) is 0 Å². The first-order chi connectivity index (χ1) is 9.92. The van der Waals surface area contributed by atoms with Gasteiger partial charge in [-0.25, -0.2) is 0 Å². The molecule has 0 saturated heterocycles. The van der Waals surface area contributed by atoms with Crippen LogP contribution in [0.3, 0.4) is 0 Å². The zero-order valence-electron chi connectivity index (χ0n) is 11.4. The Hall–Kier alpha value is -1.41. The van der Waals surface area contributed by atoms with Crippen LogP contribution in [0.1, 0.15) is 29.9 Å². The minimum atomic E-state index is -0.328. The SMILES string of the molecule is CCN(C)C(=O)c1nc(C2=CC(Br)=C(O)CC(Br)=C2)no1. The van der Waals surface area contributed by atoms with Crippen molar-refractivity contribution in [1.82, 2.24) is 15.0 Å². The molecule has 112 valence electrons. The van der Waals surface area contributed by atoms with Crippen LogP contribution in [0.15, 0.2) is 31.4 Å². The lowest BCUT2D eigenvalue weighted by molar-refractivity contribution is 0.0753. The Kier molecular flexibility index (Phi) is 5.00. The van der Waals surface area contributed by atoms with E-state index in [1.807, 2.05) is 6.92 Å². The van der Waals surface area contributed by atoms with Crippen LogP contribution >= 0.6 is 31.9 Å². The van der Waals surface area contributed by atoms with Gasteiger partial charge in [-0.3, -0.25) is 4.79 Å². The third-order valence-electron chi connectivity index (χ3n) is 2.89. The highest BCUT2D eigenvalue weighted by atomic mass is 79.9. The molecule has 0 bridgehead atoms. The van der Waals surface area contributed by atoms with Gasteiger partial charge in [-0.05, 0) is 35.0 Å². The molecule has 21 heavy (non-hydrogen) atoms. The predicted molar refractivity (Wildman–Crippen MR) is 85.1 cm³/mol. The van der Waals surface area contributed by atoms with E-state index in [0.717, 1.165) is 4.48 Å². The summed E-state index contributed by atoms with van der Waals surface area (Å²) >= 11 is 6.63. The third-order valence-corrected chi connectivity index (χ3v) is 4.09. The first-order valence-corrected chi connectivity index (χ1v) is 7.76. The van der Waals surface area contributed by atoms with Crippen LogP contribution in [0.25, 0.3) is 5.57 Å². The van der Waals surface area contributed by atoms with Crippen LogP contribution in [-0.2, 0) is 0 Å². The second-order valence-electron chi connectivity index (χ2n) is 4.40. The number of hydrogen-bond acceptors (Lipinski definition) is 5. The molecule has 0 aliphatic heterocycles. The largest absolute Gasteiger partial charge is 0.511 e. The van der Waals surface area contributed by atoms with Crippen LogP contribution in [0.5, 0.6) is 0 Å². The number of aromatic nitrogens is 2. The van der Waals surface area contributed by atoms with Crippen LogP contribution < -0.4 is 0 Å². The summed E-state index contributed by atoms with van der Waals surface area (Å²) in [6.07, 6.45) is 3.81. The van der Waals surface area contributed by atoms with E-state index in [1.165, 1.54) is 4.90 Å². The topological polar surface area (TPSA) is 79.5 Å². The molecule has 1 aromatic rings. The average molecular weight is 419 g/mol. The Morgan fingerprint density at radius 2 is 2.19 bits per heavy atom. The molecule has 1 aliphatic rings. The first kappa shape index (κ1) is 16.0. The van der Waals surface area contributed by atoms with Gasteiger partial charge in [0, 0.05) is 30.1 Å². The van der Waals surface area contributed by atoms with E-state index in [9.17, 15) is 9.90 Å². The Balaban J connectivity index is 2.35. The summed E-state index contributed by atoms with van der Waals surface area (Å²) in [6, 6.07) is 0. The summed E-state index contributed by atoms with van der Waals surface area (Å²) in [5, 5.41) is 13.6. The summed E-state index contributed by atoms with van der Waals surface area (Å²) in [6.45, 7) is 2.40. The van der Waals surface area contributed by atoms with Crippen molar-refractivity contribution in [2.45, 2.75) is 13.3 Å². The second kappa shape index (κ2) is 6.57. The zero-order chi connectivity index (χ0) is 15.6. The highest BCUT2D eigenvalue weighted by molar-refractivity contribution is 9.12. The number of allylic oxidation sites excluding steroid dienone is 5. The molecule has 0 saturated carbocycles. The monoisotopic (exact) mass is 417 g/mol. The van der Waals surface area contributed by atoms with E-state index < -0.39 is 0 Å². The second-order valence-corrected chi connectivity index (χ2v) is 6.28. The number of rotatable bonds is 3. The van der Waals surface area contributed by atoms with Gasteiger partial charge in [-0.1, -0.05) is 21.1 Å². The van der Waals surface area contributed by atoms with Gasteiger partial charge in [0.05, 0.1) is 4.48 Å². The van der Waals surface area contributed by atoms with Gasteiger partial charge < -0.3 is 14.5 Å². The number of hydrogen-bond donors (Lipinski definition) is 1. The van der Waals surface area contributed by atoms with Gasteiger partial charge in [-0.2, -0.15) is 4.98 Å². The molecule has 0 atom stereocenters. The molecule has 0 fully saturated rings. The van der Waals surface area contributed by atoms with Crippen molar-refractivity contribution in [3.05, 3.63) is 38.6 Å². The molecule has 8 heteroatoms. The Morgan fingerprint density at radius 3 is 2.86 bits per heavy atom. The minimum Gasteiger partial charge on any atom is -0.511 e. The summed E-state index contributed by atoms with van der Waals surface area (Å²) in [4.78, 5) is 17.5. The molecule has 1 aromatic heterocycles. The maximum absolute atomic E-state index is 11.9. The molecule has 1 N–H and O–H groups in total. The number of amides is 1. The van der Waals surface area contributed by atoms with Gasteiger partial charge in [0.2, 0.25) is 5.82 Å². The Morgan fingerprint density at radius 1 is 1.48 bits per heavy atom. The fourth-order valence-corrected chi connectivity index (χ4v) is 2.49. The number of aliphatic hydroxyl groups is 1. The van der Waals surface area contributed by atoms with E-state index in [-0.39, 0.29) is 23.4 Å². The van der Waals surface area contributed by atoms with Gasteiger partial charge in [0.1, 0.15) is 5.76 Å². The predicted octanol–water partition coefficient (Wildman–Crippen LogP) is 3.39. The van der Waals surface area contributed by atoms with Crippen LogP contribution in [-0.4, -0.2) is 39.6 Å². The van der Waals surface area contributed by atoms with E-state index in [1.54, 1.807) is 19.2 Å². The molecule has 0 unspecified atom stereocenters. The standard InChI is InChI=1S/C13H13Br2N3O3/c1-3-18(2)13(20)12-16-11(17-21-12)7-4-8(14)6-10(19)9(15)5-7/h4-5,19H,3,6H2,1-2H3. The van der Waals surface area contributed by atoms with E-state index >= 15 is 0 Å². The fourth-order valence-electron chi connectivity index (χ4n) is 1.59. The minimum absolute atomic E-state index is 0.0617. The number of carbonyl (C=O) groups is 1. The number of carbonyl (C=O) groups excluding carboxylic acids is 1. The maximum Gasteiger partial charge on any atom is 0.316 e. The molecule has 0 spiro atoms. The molecule has 0 aromatic carbocycles. The van der Waals surface area contributed by atoms with Crippen molar-refractivity contribution in [2.24, 2.45) is 0 Å². The van der Waals surface area contributed by atoms with Crippen molar-refractivity contribution in [2.75, 3.05) is 13.6 Å². The lowest BCUT2D eigenvalue weighted by atomic mass is 10.2. The molecule has 1 aliphatic carbocycles. The van der Waals surface area contributed by atoms with Gasteiger partial charge in [-0.15, -0.1) is 0 Å². The summed E-state index contributed by atoms with van der Waals surface area (Å²) in [7, 11) is 1.66. The van der Waals surface area contributed by atoms with Crippen LogP contribution in [0.4, 0.5) is 0 Å². The highest BCUT2D eigenvalue weighted by Gasteiger charge is 2.20. The van der Waals surface area contributed by atoms with Crippen LogP contribution in [0, 0.1) is 0 Å². The molecular weight excluding hydrogens is 406 g/mol. The van der Waals surface area contributed by atoms with Crippen molar-refractivity contribution < 1.29 is 14.4 Å². The quantitative estimate of drug-likeness (QED) is 0.813. The lowest BCUT2D eigenvalue weighted by Crippen LogP contribution is -2.26. The molecular formula is C13H13Br2N3O3. The van der Waals surface area contributed by atoms with E-state index in [0.29, 0.717) is 23.0 Å². The Bertz CT molecular complexity index is 661. The summed E-state index contributed by atoms with van der Waals surface area (Å²) in [5.74, 6) is 0.0874. The summed E-state index contributed by atoms with van der Waals surface area (Å²) < 4.78 is 6.31. The smallest absolute Gasteiger partial charge is 0.316 e. The van der Waals surface area contributed by atoms with E-state index in [2.05, 4.69) is 42.0 Å². The number of aliphatic hydroxyl groups excluding tert-OH is 1. The van der Waals surface area contributed by atoms with Crippen molar-refractivity contribution >= 4 is 43.3 Å². The van der Waals surface area contributed by atoms with E-state index in [4.69, 9.17) is 4.52 Å². The Labute approximate surface area is 138 Å². The number of nitrogens with zero attached hydrogens (tertiary/aromatic N) is 3. The highest BCUT2D eigenvalue weighted by Crippen LogP contribution is 2.31. The van der Waals surface area contributed by atoms with Crippen molar-refractivity contribution in [3.8, 4) is 0 Å². The van der Waals surface area contributed by atoms with Crippen molar-refractivity contribution in [1.29, 1.82) is 0 Å². The van der Waals surface area contributed by atoms with Gasteiger partial charge in [0.15, 0.2) is 0 Å².